The third-order valence-electron chi connectivity index (χ3n) is 2.59. The van der Waals surface area contributed by atoms with Gasteiger partial charge < -0.3 is 14.9 Å². The zero-order chi connectivity index (χ0) is 14.7. The summed E-state index contributed by atoms with van der Waals surface area (Å²) in [5, 5.41) is 19.2. The molecule has 0 radical (unpaired) electrons. The smallest absolute Gasteiger partial charge is 0.339 e. The van der Waals surface area contributed by atoms with Crippen LogP contribution in [0.1, 0.15) is 15.9 Å². The van der Waals surface area contributed by atoms with Gasteiger partial charge in [0.1, 0.15) is 23.7 Å². The van der Waals surface area contributed by atoms with Crippen molar-refractivity contribution >= 4 is 29.2 Å². The van der Waals surface area contributed by atoms with Crippen LogP contribution in [0.5, 0.6) is 11.5 Å². The van der Waals surface area contributed by atoms with Crippen LogP contribution in [0.15, 0.2) is 36.4 Å². The summed E-state index contributed by atoms with van der Waals surface area (Å²) in [6.07, 6.45) is 0. The van der Waals surface area contributed by atoms with Gasteiger partial charge in [-0.05, 0) is 29.8 Å². The van der Waals surface area contributed by atoms with Crippen molar-refractivity contribution in [2.24, 2.45) is 0 Å². The van der Waals surface area contributed by atoms with E-state index in [0.717, 1.165) is 5.56 Å². The molecule has 2 aromatic carbocycles. The summed E-state index contributed by atoms with van der Waals surface area (Å²) in [5.74, 6) is -1.18. The van der Waals surface area contributed by atoms with E-state index in [1.54, 1.807) is 18.2 Å². The minimum atomic E-state index is -1.20. The van der Waals surface area contributed by atoms with Gasteiger partial charge in [-0.2, -0.15) is 0 Å². The molecule has 0 aliphatic heterocycles. The van der Waals surface area contributed by atoms with E-state index in [1.165, 1.54) is 18.2 Å². The van der Waals surface area contributed by atoms with Gasteiger partial charge in [0.2, 0.25) is 0 Å². The minimum absolute atomic E-state index is 0.174. The summed E-state index contributed by atoms with van der Waals surface area (Å²) in [6, 6.07) is 9.10. The number of halogens is 2. The lowest BCUT2D eigenvalue weighted by molar-refractivity contribution is 0.0693. The Morgan fingerprint density at radius 3 is 2.45 bits per heavy atom. The topological polar surface area (TPSA) is 66.8 Å². The molecule has 2 aromatic rings. The second-order valence-electron chi connectivity index (χ2n) is 4.02. The highest BCUT2D eigenvalue weighted by molar-refractivity contribution is 6.42. The molecule has 0 saturated carbocycles. The number of carboxylic acid groups (broad SMARTS) is 1. The molecule has 0 aliphatic carbocycles. The second kappa shape index (κ2) is 6.03. The van der Waals surface area contributed by atoms with Gasteiger partial charge in [-0.25, -0.2) is 4.79 Å². The van der Waals surface area contributed by atoms with E-state index in [-0.39, 0.29) is 17.9 Å². The Labute approximate surface area is 125 Å². The molecule has 0 heterocycles. The Hall–Kier alpha value is -1.91. The van der Waals surface area contributed by atoms with E-state index in [2.05, 4.69) is 0 Å². The van der Waals surface area contributed by atoms with Gasteiger partial charge >= 0.3 is 5.97 Å². The lowest BCUT2D eigenvalue weighted by Crippen LogP contribution is -1.99. The molecule has 0 atom stereocenters. The predicted molar refractivity (Wildman–Crippen MR) is 75.9 cm³/mol. The molecule has 0 fully saturated rings. The van der Waals surface area contributed by atoms with Crippen molar-refractivity contribution in [3.8, 4) is 11.5 Å². The van der Waals surface area contributed by atoms with Gasteiger partial charge in [-0.15, -0.1) is 0 Å². The molecule has 0 aliphatic rings. The van der Waals surface area contributed by atoms with Crippen molar-refractivity contribution in [3.63, 3.8) is 0 Å². The highest BCUT2D eigenvalue weighted by Gasteiger charge is 2.10. The van der Waals surface area contributed by atoms with Crippen LogP contribution in [0.3, 0.4) is 0 Å². The molecule has 0 bridgehead atoms. The first kappa shape index (κ1) is 14.5. The summed E-state index contributed by atoms with van der Waals surface area (Å²) in [4.78, 5) is 10.8. The third-order valence-corrected chi connectivity index (χ3v) is 3.33. The highest BCUT2D eigenvalue weighted by Crippen LogP contribution is 2.26. The number of aromatic hydroxyl groups is 1. The highest BCUT2D eigenvalue weighted by atomic mass is 35.5. The van der Waals surface area contributed by atoms with E-state index in [1.807, 2.05) is 0 Å². The average Bonchev–Trinajstić information content (AvgIpc) is 2.40. The molecule has 0 amide bonds. The molecule has 2 N–H and O–H groups in total. The summed E-state index contributed by atoms with van der Waals surface area (Å²) >= 11 is 11.7. The Kier molecular flexibility index (Phi) is 4.37. The van der Waals surface area contributed by atoms with Crippen molar-refractivity contribution in [3.05, 3.63) is 57.6 Å². The summed E-state index contributed by atoms with van der Waals surface area (Å²) in [6.45, 7) is 0.225. The number of rotatable bonds is 4. The molecule has 6 heteroatoms. The van der Waals surface area contributed by atoms with Gasteiger partial charge in [0.15, 0.2) is 0 Å². The molecule has 2 rings (SSSR count). The van der Waals surface area contributed by atoms with Gasteiger partial charge in [-0.1, -0.05) is 29.3 Å². The van der Waals surface area contributed by atoms with E-state index in [4.69, 9.17) is 33.0 Å². The van der Waals surface area contributed by atoms with Crippen molar-refractivity contribution in [1.29, 1.82) is 0 Å². The fourth-order valence-corrected chi connectivity index (χ4v) is 1.90. The lowest BCUT2D eigenvalue weighted by atomic mass is 10.2. The summed E-state index contributed by atoms with van der Waals surface area (Å²) in [7, 11) is 0. The molecule has 0 aromatic heterocycles. The average molecular weight is 313 g/mol. The van der Waals surface area contributed by atoms with Crippen LogP contribution in [0.25, 0.3) is 0 Å². The Morgan fingerprint density at radius 1 is 1.10 bits per heavy atom. The van der Waals surface area contributed by atoms with E-state index in [0.29, 0.717) is 15.8 Å². The van der Waals surface area contributed by atoms with Gasteiger partial charge in [0, 0.05) is 6.07 Å². The first-order chi connectivity index (χ1) is 9.47. The van der Waals surface area contributed by atoms with Crippen LogP contribution in [0.4, 0.5) is 0 Å². The number of ether oxygens (including phenoxy) is 1. The molecule has 0 spiro atoms. The molecule has 20 heavy (non-hydrogen) atoms. The Morgan fingerprint density at radius 2 is 1.85 bits per heavy atom. The first-order valence-electron chi connectivity index (χ1n) is 5.60. The summed E-state index contributed by atoms with van der Waals surface area (Å²) < 4.78 is 5.45. The number of hydrogen-bond donors (Lipinski definition) is 2. The quantitative estimate of drug-likeness (QED) is 0.896. The Balaban J connectivity index is 2.09. The Bertz CT molecular complexity index is 656. The van der Waals surface area contributed by atoms with Crippen molar-refractivity contribution in [2.45, 2.75) is 6.61 Å². The summed E-state index contributed by atoms with van der Waals surface area (Å²) in [5.41, 5.74) is 0.632. The van der Waals surface area contributed by atoms with Crippen LogP contribution < -0.4 is 4.74 Å². The van der Waals surface area contributed by atoms with Crippen molar-refractivity contribution < 1.29 is 19.7 Å². The zero-order valence-electron chi connectivity index (χ0n) is 10.1. The third kappa shape index (κ3) is 3.35. The maximum absolute atomic E-state index is 10.8. The largest absolute Gasteiger partial charge is 0.507 e. The lowest BCUT2D eigenvalue weighted by Gasteiger charge is -2.08. The van der Waals surface area contributed by atoms with Crippen molar-refractivity contribution in [1.82, 2.24) is 0 Å². The number of carbonyl (C=O) groups is 1. The molecular formula is C14H10Cl2O4. The maximum atomic E-state index is 10.8. The molecule has 104 valence electrons. The first-order valence-corrected chi connectivity index (χ1v) is 6.36. The van der Waals surface area contributed by atoms with Crippen LogP contribution in [-0.2, 0) is 6.61 Å². The van der Waals surface area contributed by atoms with Gasteiger partial charge in [0.05, 0.1) is 10.0 Å². The van der Waals surface area contributed by atoms with Gasteiger partial charge in [-0.3, -0.25) is 0 Å². The van der Waals surface area contributed by atoms with Crippen LogP contribution in [0.2, 0.25) is 10.0 Å². The normalized spacial score (nSPS) is 10.3. The van der Waals surface area contributed by atoms with E-state index < -0.39 is 5.97 Å². The molecule has 0 saturated heterocycles. The van der Waals surface area contributed by atoms with E-state index in [9.17, 15) is 9.90 Å². The maximum Gasteiger partial charge on any atom is 0.339 e. The number of hydrogen-bond acceptors (Lipinski definition) is 3. The van der Waals surface area contributed by atoms with Crippen molar-refractivity contribution in [2.75, 3.05) is 0 Å². The van der Waals surface area contributed by atoms with E-state index >= 15 is 0 Å². The predicted octanol–water partition coefficient (Wildman–Crippen LogP) is 3.98. The van der Waals surface area contributed by atoms with Crippen LogP contribution in [-0.4, -0.2) is 16.2 Å². The van der Waals surface area contributed by atoms with Gasteiger partial charge in [0.25, 0.3) is 0 Å². The van der Waals surface area contributed by atoms with Crippen LogP contribution >= 0.6 is 23.2 Å². The monoisotopic (exact) mass is 312 g/mol. The fourth-order valence-electron chi connectivity index (χ4n) is 1.58. The molecular weight excluding hydrogens is 303 g/mol. The molecule has 0 unspecified atom stereocenters. The number of phenols is 1. The standard InChI is InChI=1S/C14H10Cl2O4/c15-11-4-1-8(5-12(11)16)7-20-9-2-3-10(14(18)19)13(17)6-9/h1-6,17H,7H2,(H,18,19). The number of aromatic carboxylic acids is 1. The minimum Gasteiger partial charge on any atom is -0.507 e. The zero-order valence-corrected chi connectivity index (χ0v) is 11.6. The SMILES string of the molecule is O=C(O)c1ccc(OCc2ccc(Cl)c(Cl)c2)cc1O. The number of carboxylic acids is 1. The second-order valence-corrected chi connectivity index (χ2v) is 4.84. The fraction of sp³-hybridized carbons (Fsp3) is 0.0714. The molecule has 4 nitrogen and oxygen atoms in total. The number of benzene rings is 2. The van der Waals surface area contributed by atoms with Crippen LogP contribution in [0, 0.1) is 0 Å².